The normalized spacial score (nSPS) is 10.3. The molecule has 21 heavy (non-hydrogen) atoms. The van der Waals surface area contributed by atoms with Gasteiger partial charge in [0.25, 0.3) is 0 Å². The van der Waals surface area contributed by atoms with E-state index in [0.29, 0.717) is 0 Å². The van der Waals surface area contributed by atoms with Gasteiger partial charge in [-0.15, -0.1) is 11.3 Å². The summed E-state index contributed by atoms with van der Waals surface area (Å²) in [6, 6.07) is 16.3. The first-order valence-electron chi connectivity index (χ1n) is 6.52. The molecule has 4 heteroatoms. The molecule has 0 spiro atoms. The van der Waals surface area contributed by atoms with Gasteiger partial charge in [-0.05, 0) is 29.8 Å². The molecular formula is C17H13NOS2. The number of aliphatic hydroxyl groups excluding tert-OH is 1. The predicted molar refractivity (Wildman–Crippen MR) is 89.6 cm³/mol. The monoisotopic (exact) mass is 311 g/mol. The molecule has 0 bridgehead atoms. The third kappa shape index (κ3) is 3.64. The number of hydrogen-bond acceptors (Lipinski definition) is 4. The SMILES string of the molecule is OCC#Cc1cccc(CSc2nc3ccccc3s2)c1. The van der Waals surface area contributed by atoms with Crippen molar-refractivity contribution in [1.82, 2.24) is 4.98 Å². The number of hydrogen-bond donors (Lipinski definition) is 1. The van der Waals surface area contributed by atoms with Crippen molar-refractivity contribution in [2.75, 3.05) is 6.61 Å². The zero-order chi connectivity index (χ0) is 14.5. The summed E-state index contributed by atoms with van der Waals surface area (Å²) in [5, 5.41) is 8.73. The molecule has 0 aliphatic carbocycles. The highest BCUT2D eigenvalue weighted by Crippen LogP contribution is 2.31. The molecule has 0 aliphatic heterocycles. The Bertz CT molecular complexity index is 781. The smallest absolute Gasteiger partial charge is 0.151 e. The average molecular weight is 311 g/mol. The molecule has 0 amide bonds. The van der Waals surface area contributed by atoms with Crippen LogP contribution in [-0.2, 0) is 5.75 Å². The number of para-hydroxylation sites is 1. The minimum absolute atomic E-state index is 0.106. The molecule has 2 aromatic carbocycles. The average Bonchev–Trinajstić information content (AvgIpc) is 2.94. The quantitative estimate of drug-likeness (QED) is 0.587. The van der Waals surface area contributed by atoms with Crippen molar-refractivity contribution < 1.29 is 5.11 Å². The maximum Gasteiger partial charge on any atom is 0.151 e. The fraction of sp³-hybridized carbons (Fsp3) is 0.118. The van der Waals surface area contributed by atoms with Crippen LogP contribution in [0.25, 0.3) is 10.2 Å². The number of fused-ring (bicyclic) bond motifs is 1. The van der Waals surface area contributed by atoms with Crippen molar-refractivity contribution in [3.05, 3.63) is 59.7 Å². The molecule has 1 heterocycles. The van der Waals surface area contributed by atoms with Gasteiger partial charge in [0.1, 0.15) is 6.61 Å². The van der Waals surface area contributed by atoms with Crippen molar-refractivity contribution in [3.63, 3.8) is 0 Å². The third-order valence-corrected chi connectivity index (χ3v) is 5.13. The van der Waals surface area contributed by atoms with Crippen LogP contribution in [0.5, 0.6) is 0 Å². The summed E-state index contributed by atoms with van der Waals surface area (Å²) in [5.74, 6) is 6.47. The molecule has 0 fully saturated rings. The van der Waals surface area contributed by atoms with Crippen LogP contribution in [0.1, 0.15) is 11.1 Å². The summed E-state index contributed by atoms with van der Waals surface area (Å²) in [5.41, 5.74) is 3.21. The second-order valence-electron chi connectivity index (χ2n) is 4.40. The van der Waals surface area contributed by atoms with Crippen LogP contribution in [0.3, 0.4) is 0 Å². The second kappa shape index (κ2) is 6.77. The topological polar surface area (TPSA) is 33.1 Å². The standard InChI is InChI=1S/C17H13NOS2/c19-10-4-7-13-5-3-6-14(11-13)12-20-17-18-15-8-1-2-9-16(15)21-17/h1-3,5-6,8-9,11,19H,10,12H2. The Morgan fingerprint density at radius 2 is 2.05 bits per heavy atom. The molecule has 1 N–H and O–H groups in total. The molecule has 0 saturated carbocycles. The van der Waals surface area contributed by atoms with E-state index < -0.39 is 0 Å². The predicted octanol–water partition coefficient (Wildman–Crippen LogP) is 3.93. The van der Waals surface area contributed by atoms with Gasteiger partial charge in [0.05, 0.1) is 10.2 Å². The van der Waals surface area contributed by atoms with E-state index in [1.807, 2.05) is 30.3 Å². The Hall–Kier alpha value is -1.80. The minimum Gasteiger partial charge on any atom is -0.384 e. The van der Waals surface area contributed by atoms with Gasteiger partial charge in [0.2, 0.25) is 0 Å². The highest BCUT2D eigenvalue weighted by Gasteiger charge is 2.04. The van der Waals surface area contributed by atoms with Crippen LogP contribution in [0.15, 0.2) is 52.9 Å². The first-order valence-corrected chi connectivity index (χ1v) is 8.32. The molecule has 0 saturated heterocycles. The summed E-state index contributed by atoms with van der Waals surface area (Å²) < 4.78 is 2.31. The van der Waals surface area contributed by atoms with Gasteiger partial charge >= 0.3 is 0 Å². The summed E-state index contributed by atoms with van der Waals surface area (Å²) in [7, 11) is 0. The van der Waals surface area contributed by atoms with E-state index in [-0.39, 0.29) is 6.61 Å². The fourth-order valence-electron chi connectivity index (χ4n) is 1.94. The van der Waals surface area contributed by atoms with Crippen molar-refractivity contribution in [3.8, 4) is 11.8 Å². The number of thiazole rings is 1. The molecule has 0 atom stereocenters. The lowest BCUT2D eigenvalue weighted by molar-refractivity contribution is 0.350. The molecule has 0 radical (unpaired) electrons. The van der Waals surface area contributed by atoms with Crippen LogP contribution in [0.2, 0.25) is 0 Å². The Labute approximate surface area is 131 Å². The van der Waals surface area contributed by atoms with Gasteiger partial charge in [-0.3, -0.25) is 0 Å². The van der Waals surface area contributed by atoms with Gasteiger partial charge in [-0.1, -0.05) is 47.9 Å². The zero-order valence-electron chi connectivity index (χ0n) is 11.2. The maximum absolute atomic E-state index is 8.73. The lowest BCUT2D eigenvalue weighted by atomic mass is 10.1. The summed E-state index contributed by atoms with van der Waals surface area (Å²) in [6.07, 6.45) is 0. The Morgan fingerprint density at radius 3 is 2.90 bits per heavy atom. The van der Waals surface area contributed by atoms with E-state index in [1.165, 1.54) is 10.3 Å². The van der Waals surface area contributed by atoms with Crippen LogP contribution in [0.4, 0.5) is 0 Å². The lowest BCUT2D eigenvalue weighted by Gasteiger charge is -1.99. The molecule has 2 nitrogen and oxygen atoms in total. The van der Waals surface area contributed by atoms with E-state index in [4.69, 9.17) is 5.11 Å². The molecule has 3 aromatic rings. The fourth-order valence-corrected chi connectivity index (χ4v) is 3.95. The molecule has 0 aliphatic rings. The first-order chi connectivity index (χ1) is 10.3. The summed E-state index contributed by atoms with van der Waals surface area (Å²) in [6.45, 7) is -0.106. The van der Waals surface area contributed by atoms with Crippen LogP contribution < -0.4 is 0 Å². The largest absolute Gasteiger partial charge is 0.384 e. The van der Waals surface area contributed by atoms with E-state index in [2.05, 4.69) is 35.0 Å². The lowest BCUT2D eigenvalue weighted by Crippen LogP contribution is -1.83. The van der Waals surface area contributed by atoms with Crippen molar-refractivity contribution >= 4 is 33.3 Å². The van der Waals surface area contributed by atoms with Gasteiger partial charge < -0.3 is 5.11 Å². The highest BCUT2D eigenvalue weighted by molar-refractivity contribution is 8.00. The van der Waals surface area contributed by atoms with E-state index in [0.717, 1.165) is 21.2 Å². The van der Waals surface area contributed by atoms with Crippen LogP contribution >= 0.6 is 23.1 Å². The van der Waals surface area contributed by atoms with E-state index >= 15 is 0 Å². The van der Waals surface area contributed by atoms with E-state index in [1.54, 1.807) is 23.1 Å². The zero-order valence-corrected chi connectivity index (χ0v) is 12.9. The molecule has 104 valence electrons. The number of aromatic nitrogens is 1. The number of benzene rings is 2. The Balaban J connectivity index is 1.72. The molecular weight excluding hydrogens is 298 g/mol. The highest BCUT2D eigenvalue weighted by atomic mass is 32.2. The summed E-state index contributed by atoms with van der Waals surface area (Å²) in [4.78, 5) is 4.62. The number of nitrogens with zero attached hydrogens (tertiary/aromatic N) is 1. The van der Waals surface area contributed by atoms with Gasteiger partial charge in [-0.2, -0.15) is 0 Å². The van der Waals surface area contributed by atoms with Gasteiger partial charge in [-0.25, -0.2) is 4.98 Å². The second-order valence-corrected chi connectivity index (χ2v) is 6.65. The first kappa shape index (κ1) is 14.2. The molecule has 1 aromatic heterocycles. The van der Waals surface area contributed by atoms with Crippen LogP contribution in [0, 0.1) is 11.8 Å². The minimum atomic E-state index is -0.106. The van der Waals surface area contributed by atoms with E-state index in [9.17, 15) is 0 Å². The van der Waals surface area contributed by atoms with Crippen molar-refractivity contribution in [2.45, 2.75) is 10.1 Å². The molecule has 0 unspecified atom stereocenters. The third-order valence-electron chi connectivity index (χ3n) is 2.88. The molecule has 3 rings (SSSR count). The van der Waals surface area contributed by atoms with Gasteiger partial charge in [0, 0.05) is 11.3 Å². The summed E-state index contributed by atoms with van der Waals surface area (Å²) >= 11 is 3.47. The van der Waals surface area contributed by atoms with Gasteiger partial charge in [0.15, 0.2) is 4.34 Å². The van der Waals surface area contributed by atoms with Crippen molar-refractivity contribution in [1.29, 1.82) is 0 Å². The van der Waals surface area contributed by atoms with Crippen LogP contribution in [-0.4, -0.2) is 16.7 Å². The number of aliphatic hydroxyl groups is 1. The number of rotatable bonds is 3. The Morgan fingerprint density at radius 1 is 1.14 bits per heavy atom. The number of thioether (sulfide) groups is 1. The maximum atomic E-state index is 8.73. The van der Waals surface area contributed by atoms with Crippen molar-refractivity contribution in [2.24, 2.45) is 0 Å². The Kier molecular flexibility index (Phi) is 4.56.